The van der Waals surface area contributed by atoms with Crippen LogP contribution in [0.3, 0.4) is 0 Å². The topological polar surface area (TPSA) is 35.8 Å². The van der Waals surface area contributed by atoms with Crippen LogP contribution in [-0.4, -0.2) is 6.04 Å². The van der Waals surface area contributed by atoms with Gasteiger partial charge in [0.2, 0.25) is 0 Å². The molecule has 0 aliphatic carbocycles. The van der Waals surface area contributed by atoms with E-state index in [0.717, 1.165) is 18.6 Å². The molecule has 0 aromatic heterocycles. The zero-order chi connectivity index (χ0) is 14.5. The molecule has 0 aliphatic heterocycles. The molecule has 0 spiro atoms. The summed E-state index contributed by atoms with van der Waals surface area (Å²) in [7, 11) is 0. The summed E-state index contributed by atoms with van der Waals surface area (Å²) >= 11 is 0. The van der Waals surface area contributed by atoms with Gasteiger partial charge in [-0.1, -0.05) is 6.92 Å². The Morgan fingerprint density at radius 3 is 2.58 bits per heavy atom. The van der Waals surface area contributed by atoms with Crippen molar-refractivity contribution in [1.29, 1.82) is 5.26 Å². The molecule has 0 radical (unpaired) electrons. The fourth-order valence-electron chi connectivity index (χ4n) is 1.60. The van der Waals surface area contributed by atoms with Crippen LogP contribution in [0.2, 0.25) is 0 Å². The van der Waals surface area contributed by atoms with E-state index in [2.05, 4.69) is 11.2 Å². The number of rotatable bonds is 4. The van der Waals surface area contributed by atoms with Crippen molar-refractivity contribution in [3.8, 4) is 18.4 Å². The molecule has 0 heterocycles. The number of benzene rings is 1. The van der Waals surface area contributed by atoms with Gasteiger partial charge in [-0.05, 0) is 24.6 Å². The Balaban J connectivity index is 3.04. The molecule has 19 heavy (non-hydrogen) atoms. The van der Waals surface area contributed by atoms with E-state index in [1.165, 1.54) is 6.07 Å². The Bertz CT molecular complexity index is 521. The Labute approximate surface area is 110 Å². The lowest BCUT2D eigenvalue weighted by molar-refractivity contribution is -0.137. The predicted octanol–water partition coefficient (Wildman–Crippen LogP) is 3.79. The number of anilines is 1. The maximum absolute atomic E-state index is 12.5. The van der Waals surface area contributed by atoms with Gasteiger partial charge < -0.3 is 5.32 Å². The zero-order valence-corrected chi connectivity index (χ0v) is 10.4. The monoisotopic (exact) mass is 266 g/mol. The summed E-state index contributed by atoms with van der Waals surface area (Å²) in [5.74, 6) is 2.49. The summed E-state index contributed by atoms with van der Waals surface area (Å²) in [4.78, 5) is 0. The summed E-state index contributed by atoms with van der Waals surface area (Å²) in [6, 6.07) is 4.76. The second-order valence-electron chi connectivity index (χ2n) is 4.03. The van der Waals surface area contributed by atoms with Gasteiger partial charge in [0.05, 0.1) is 16.8 Å². The van der Waals surface area contributed by atoms with Crippen LogP contribution in [-0.2, 0) is 6.18 Å². The van der Waals surface area contributed by atoms with Crippen LogP contribution in [0.25, 0.3) is 0 Å². The van der Waals surface area contributed by atoms with Crippen molar-refractivity contribution in [2.24, 2.45) is 0 Å². The molecule has 2 nitrogen and oxygen atoms in total. The van der Waals surface area contributed by atoms with E-state index in [4.69, 9.17) is 11.7 Å². The van der Waals surface area contributed by atoms with Crippen LogP contribution in [0.15, 0.2) is 18.2 Å². The fourth-order valence-corrected chi connectivity index (χ4v) is 1.60. The van der Waals surface area contributed by atoms with Crippen molar-refractivity contribution in [1.82, 2.24) is 0 Å². The van der Waals surface area contributed by atoms with Crippen LogP contribution in [0.4, 0.5) is 18.9 Å². The van der Waals surface area contributed by atoms with Crippen LogP contribution >= 0.6 is 0 Å². The molecule has 5 heteroatoms. The minimum atomic E-state index is -4.45. The summed E-state index contributed by atoms with van der Waals surface area (Å²) < 4.78 is 37.6. The molecular weight excluding hydrogens is 253 g/mol. The van der Waals surface area contributed by atoms with Gasteiger partial charge in [-0.25, -0.2) is 0 Å². The number of alkyl halides is 3. The quantitative estimate of drug-likeness (QED) is 0.841. The lowest BCUT2D eigenvalue weighted by Gasteiger charge is -2.17. The van der Waals surface area contributed by atoms with Crippen LogP contribution in [0, 0.1) is 23.7 Å². The molecule has 1 rings (SSSR count). The third-order valence-electron chi connectivity index (χ3n) is 2.68. The summed E-state index contributed by atoms with van der Waals surface area (Å²) in [5, 5.41) is 11.9. The third-order valence-corrected chi connectivity index (χ3v) is 2.68. The van der Waals surface area contributed by atoms with Gasteiger partial charge in [-0.3, -0.25) is 0 Å². The molecule has 0 aliphatic rings. The van der Waals surface area contributed by atoms with Crippen molar-refractivity contribution in [3.63, 3.8) is 0 Å². The maximum Gasteiger partial charge on any atom is 0.416 e. The SMILES string of the molecule is C#CCC(CC)Nc1ccc(C(F)(F)F)cc1C#N. The second-order valence-corrected chi connectivity index (χ2v) is 4.03. The molecule has 1 aromatic rings. The van der Waals surface area contributed by atoms with E-state index >= 15 is 0 Å². The summed E-state index contributed by atoms with van der Waals surface area (Å²) in [5.41, 5.74) is -0.498. The Hall–Kier alpha value is -2.14. The fraction of sp³-hybridized carbons (Fsp3) is 0.357. The average Bonchev–Trinajstić information content (AvgIpc) is 2.37. The molecule has 0 saturated carbocycles. The third kappa shape index (κ3) is 3.93. The number of nitriles is 1. The number of terminal acetylenes is 1. The van der Waals surface area contributed by atoms with Crippen LogP contribution in [0.1, 0.15) is 30.9 Å². The highest BCUT2D eigenvalue weighted by Crippen LogP contribution is 2.31. The van der Waals surface area contributed by atoms with Gasteiger partial charge in [0.25, 0.3) is 0 Å². The average molecular weight is 266 g/mol. The van der Waals surface area contributed by atoms with Gasteiger partial charge in [0.1, 0.15) is 6.07 Å². The normalized spacial score (nSPS) is 12.3. The molecule has 1 atom stereocenters. The first kappa shape index (κ1) is 14.9. The maximum atomic E-state index is 12.5. The minimum Gasteiger partial charge on any atom is -0.380 e. The molecule has 100 valence electrons. The minimum absolute atomic E-state index is 0.0368. The lowest BCUT2D eigenvalue weighted by atomic mass is 10.1. The van der Waals surface area contributed by atoms with Crippen molar-refractivity contribution < 1.29 is 13.2 Å². The van der Waals surface area contributed by atoms with E-state index in [0.29, 0.717) is 12.1 Å². The standard InChI is InChI=1S/C14H13F3N2/c1-3-5-12(4-2)19-13-7-6-11(14(15,16)17)8-10(13)9-18/h1,6-8,12,19H,4-5H2,2H3. The van der Waals surface area contributed by atoms with E-state index in [-0.39, 0.29) is 11.6 Å². The van der Waals surface area contributed by atoms with E-state index < -0.39 is 11.7 Å². The predicted molar refractivity (Wildman–Crippen MR) is 67.3 cm³/mol. The van der Waals surface area contributed by atoms with Crippen LogP contribution < -0.4 is 5.32 Å². The highest BCUT2D eigenvalue weighted by molar-refractivity contribution is 5.59. The smallest absolute Gasteiger partial charge is 0.380 e. The van der Waals surface area contributed by atoms with E-state index in [1.807, 2.05) is 6.92 Å². The first-order valence-corrected chi connectivity index (χ1v) is 5.73. The summed E-state index contributed by atoms with van der Waals surface area (Å²) in [6.07, 6.45) is 1.92. The molecule has 0 fully saturated rings. The van der Waals surface area contributed by atoms with Gasteiger partial charge >= 0.3 is 6.18 Å². The number of hydrogen-bond acceptors (Lipinski definition) is 2. The zero-order valence-electron chi connectivity index (χ0n) is 10.4. The van der Waals surface area contributed by atoms with Crippen molar-refractivity contribution in [2.45, 2.75) is 32.0 Å². The van der Waals surface area contributed by atoms with Gasteiger partial charge in [-0.2, -0.15) is 18.4 Å². The number of hydrogen-bond donors (Lipinski definition) is 1. The molecule has 1 aromatic carbocycles. The summed E-state index contributed by atoms with van der Waals surface area (Å²) in [6.45, 7) is 1.91. The van der Waals surface area contributed by atoms with E-state index in [9.17, 15) is 13.2 Å². The molecular formula is C14H13F3N2. The van der Waals surface area contributed by atoms with Crippen LogP contribution in [0.5, 0.6) is 0 Å². The molecule has 0 bridgehead atoms. The van der Waals surface area contributed by atoms with Crippen molar-refractivity contribution in [3.05, 3.63) is 29.3 Å². The number of nitrogens with zero attached hydrogens (tertiary/aromatic N) is 1. The first-order valence-electron chi connectivity index (χ1n) is 5.73. The molecule has 1 unspecified atom stereocenters. The molecule has 0 saturated heterocycles. The lowest BCUT2D eigenvalue weighted by Crippen LogP contribution is -2.18. The largest absolute Gasteiger partial charge is 0.416 e. The number of halogens is 3. The molecule has 0 amide bonds. The van der Waals surface area contributed by atoms with Crippen molar-refractivity contribution in [2.75, 3.05) is 5.32 Å². The highest BCUT2D eigenvalue weighted by atomic mass is 19.4. The second kappa shape index (κ2) is 6.15. The Morgan fingerprint density at radius 2 is 2.11 bits per heavy atom. The highest BCUT2D eigenvalue weighted by Gasteiger charge is 2.31. The Kier molecular flexibility index (Phi) is 4.83. The number of nitrogens with one attached hydrogen (secondary N) is 1. The van der Waals surface area contributed by atoms with Gasteiger partial charge in [-0.15, -0.1) is 12.3 Å². The van der Waals surface area contributed by atoms with Crippen molar-refractivity contribution >= 4 is 5.69 Å². The molecule has 1 N–H and O–H groups in total. The van der Waals surface area contributed by atoms with Gasteiger partial charge in [0.15, 0.2) is 0 Å². The van der Waals surface area contributed by atoms with E-state index in [1.54, 1.807) is 6.07 Å². The van der Waals surface area contributed by atoms with Gasteiger partial charge in [0, 0.05) is 12.5 Å². The Morgan fingerprint density at radius 1 is 1.42 bits per heavy atom. The first-order chi connectivity index (χ1) is 8.92.